The minimum absolute atomic E-state index is 0.499. The Morgan fingerprint density at radius 1 is 1.35 bits per heavy atom. The lowest BCUT2D eigenvalue weighted by Gasteiger charge is -2.35. The minimum atomic E-state index is 0.499. The molecule has 0 radical (unpaired) electrons. The molecule has 3 aromatic rings. The van der Waals surface area contributed by atoms with Crippen molar-refractivity contribution in [3.8, 4) is 10.8 Å². The third-order valence-electron chi connectivity index (χ3n) is 4.26. The van der Waals surface area contributed by atoms with Crippen LogP contribution in [0, 0.1) is 0 Å². The number of aromatic nitrogens is 4. The summed E-state index contributed by atoms with van der Waals surface area (Å²) in [5.41, 5.74) is 1.12. The van der Waals surface area contributed by atoms with E-state index in [1.54, 1.807) is 30.3 Å². The van der Waals surface area contributed by atoms with E-state index < -0.39 is 0 Å². The highest BCUT2D eigenvalue weighted by Crippen LogP contribution is 2.26. The normalized spacial score (nSPS) is 19.2. The van der Waals surface area contributed by atoms with Crippen LogP contribution in [0.5, 0.6) is 0 Å². The van der Waals surface area contributed by atoms with Gasteiger partial charge in [0.25, 0.3) is 0 Å². The quantitative estimate of drug-likeness (QED) is 0.720. The Balaban J connectivity index is 1.45. The summed E-state index contributed by atoms with van der Waals surface area (Å²) in [5.74, 6) is 0.846. The number of piperidine rings is 1. The van der Waals surface area contributed by atoms with Crippen molar-refractivity contribution in [2.75, 3.05) is 6.54 Å². The number of likely N-dealkylation sites (tertiary alicyclic amines) is 1. The maximum Gasteiger partial charge on any atom is 0.162 e. The van der Waals surface area contributed by atoms with Crippen LogP contribution in [0.4, 0.5) is 0 Å². The van der Waals surface area contributed by atoms with E-state index in [1.807, 2.05) is 16.8 Å². The molecule has 1 aliphatic rings. The van der Waals surface area contributed by atoms with Crippen molar-refractivity contribution in [3.05, 3.63) is 42.1 Å². The van der Waals surface area contributed by atoms with E-state index in [-0.39, 0.29) is 0 Å². The fraction of sp³-hybridized carbons (Fsp3) is 0.438. The molecule has 4 heterocycles. The molecule has 120 valence electrons. The molecule has 1 saturated heterocycles. The van der Waals surface area contributed by atoms with Gasteiger partial charge in [0.2, 0.25) is 0 Å². The van der Waals surface area contributed by atoms with E-state index in [0.717, 1.165) is 36.1 Å². The molecular weight excluding hydrogens is 310 g/mol. The van der Waals surface area contributed by atoms with Gasteiger partial charge in [-0.25, -0.2) is 9.97 Å². The highest BCUT2D eigenvalue weighted by atomic mass is 32.1. The van der Waals surface area contributed by atoms with Crippen LogP contribution in [0.2, 0.25) is 0 Å². The zero-order valence-electron chi connectivity index (χ0n) is 12.8. The van der Waals surface area contributed by atoms with Gasteiger partial charge in [0, 0.05) is 18.0 Å². The highest BCUT2D eigenvalue weighted by Gasteiger charge is 2.24. The molecule has 7 heteroatoms. The molecule has 0 aliphatic carbocycles. The van der Waals surface area contributed by atoms with E-state index in [0.29, 0.717) is 6.04 Å². The lowest BCUT2D eigenvalue weighted by atomic mass is 10.0. The summed E-state index contributed by atoms with van der Waals surface area (Å²) in [6, 6.07) is 4.35. The maximum absolute atomic E-state index is 5.43. The molecule has 23 heavy (non-hydrogen) atoms. The summed E-state index contributed by atoms with van der Waals surface area (Å²) < 4.78 is 7.36. The van der Waals surface area contributed by atoms with Crippen molar-refractivity contribution in [2.45, 2.75) is 38.4 Å². The predicted octanol–water partition coefficient (Wildman–Crippen LogP) is 3.05. The summed E-state index contributed by atoms with van der Waals surface area (Å²) in [6.45, 7) is 2.90. The molecule has 0 N–H and O–H groups in total. The third-order valence-corrected chi connectivity index (χ3v) is 5.17. The number of hydrogen-bond acceptors (Lipinski definition) is 6. The molecule has 6 nitrogen and oxygen atoms in total. The van der Waals surface area contributed by atoms with Crippen molar-refractivity contribution < 1.29 is 4.42 Å². The SMILES string of the molecule is c1coc(-c2nc(CN3CCCCC3Cn3cncn3)cs2)c1. The first-order valence-corrected chi connectivity index (χ1v) is 8.81. The summed E-state index contributed by atoms with van der Waals surface area (Å²) in [7, 11) is 0. The second-order valence-corrected chi connectivity index (χ2v) is 6.72. The van der Waals surface area contributed by atoms with Crippen molar-refractivity contribution in [1.82, 2.24) is 24.6 Å². The van der Waals surface area contributed by atoms with E-state index in [2.05, 4.69) is 20.4 Å². The molecule has 0 amide bonds. The average Bonchev–Trinajstić information content (AvgIpc) is 3.31. The Kier molecular flexibility index (Phi) is 4.21. The first-order chi connectivity index (χ1) is 11.4. The summed E-state index contributed by atoms with van der Waals surface area (Å²) >= 11 is 1.64. The van der Waals surface area contributed by atoms with Gasteiger partial charge in [0.15, 0.2) is 10.8 Å². The second kappa shape index (κ2) is 6.64. The van der Waals surface area contributed by atoms with E-state index in [1.165, 1.54) is 19.3 Å². The first kappa shape index (κ1) is 14.6. The van der Waals surface area contributed by atoms with Crippen molar-refractivity contribution in [2.24, 2.45) is 0 Å². The molecule has 0 aromatic carbocycles. The monoisotopic (exact) mass is 329 g/mol. The largest absolute Gasteiger partial charge is 0.462 e. The van der Waals surface area contributed by atoms with E-state index in [4.69, 9.17) is 9.40 Å². The van der Waals surface area contributed by atoms with Gasteiger partial charge in [-0.15, -0.1) is 11.3 Å². The zero-order valence-corrected chi connectivity index (χ0v) is 13.7. The van der Waals surface area contributed by atoms with Gasteiger partial charge in [-0.05, 0) is 31.5 Å². The van der Waals surface area contributed by atoms with Crippen LogP contribution in [0.25, 0.3) is 10.8 Å². The number of rotatable bonds is 5. The highest BCUT2D eigenvalue weighted by molar-refractivity contribution is 7.13. The molecular formula is C16H19N5OS. The molecule has 1 fully saturated rings. The average molecular weight is 329 g/mol. The number of nitrogens with zero attached hydrogens (tertiary/aromatic N) is 5. The Morgan fingerprint density at radius 2 is 2.35 bits per heavy atom. The van der Waals surface area contributed by atoms with Crippen LogP contribution >= 0.6 is 11.3 Å². The van der Waals surface area contributed by atoms with Crippen molar-refractivity contribution in [3.63, 3.8) is 0 Å². The van der Waals surface area contributed by atoms with Gasteiger partial charge in [-0.3, -0.25) is 9.58 Å². The lowest BCUT2D eigenvalue weighted by Crippen LogP contribution is -2.41. The molecule has 0 bridgehead atoms. The van der Waals surface area contributed by atoms with Gasteiger partial charge in [0.05, 0.1) is 18.5 Å². The fourth-order valence-electron chi connectivity index (χ4n) is 3.12. The number of hydrogen-bond donors (Lipinski definition) is 0. The summed E-state index contributed by atoms with van der Waals surface area (Å²) in [4.78, 5) is 11.3. The number of thiazole rings is 1. The second-order valence-electron chi connectivity index (χ2n) is 5.86. The molecule has 1 unspecified atom stereocenters. The zero-order chi connectivity index (χ0) is 15.5. The van der Waals surface area contributed by atoms with Crippen LogP contribution in [0.3, 0.4) is 0 Å². The smallest absolute Gasteiger partial charge is 0.162 e. The maximum atomic E-state index is 5.43. The Labute approximate surface area is 138 Å². The number of furan rings is 1. The van der Waals surface area contributed by atoms with Crippen molar-refractivity contribution >= 4 is 11.3 Å². The molecule has 1 aliphatic heterocycles. The lowest BCUT2D eigenvalue weighted by molar-refractivity contribution is 0.120. The fourth-order valence-corrected chi connectivity index (χ4v) is 3.90. The summed E-state index contributed by atoms with van der Waals surface area (Å²) in [6.07, 6.45) is 8.83. The van der Waals surface area contributed by atoms with Gasteiger partial charge >= 0.3 is 0 Å². The Hall–Kier alpha value is -1.99. The predicted molar refractivity (Wildman–Crippen MR) is 87.9 cm³/mol. The first-order valence-electron chi connectivity index (χ1n) is 7.93. The van der Waals surface area contributed by atoms with Gasteiger partial charge in [-0.2, -0.15) is 5.10 Å². The molecule has 3 aromatic heterocycles. The van der Waals surface area contributed by atoms with Gasteiger partial charge in [-0.1, -0.05) is 6.42 Å². The van der Waals surface area contributed by atoms with Crippen LogP contribution in [0.1, 0.15) is 25.0 Å². The molecule has 0 saturated carbocycles. The van der Waals surface area contributed by atoms with Gasteiger partial charge < -0.3 is 4.42 Å². The van der Waals surface area contributed by atoms with E-state index >= 15 is 0 Å². The van der Waals surface area contributed by atoms with Crippen molar-refractivity contribution in [1.29, 1.82) is 0 Å². The van der Waals surface area contributed by atoms with Crippen LogP contribution in [-0.2, 0) is 13.1 Å². The van der Waals surface area contributed by atoms with Gasteiger partial charge in [0.1, 0.15) is 12.7 Å². The molecule has 0 spiro atoms. The third kappa shape index (κ3) is 3.35. The van der Waals surface area contributed by atoms with Crippen LogP contribution < -0.4 is 0 Å². The standard InChI is InChI=1S/C16H19N5OS/c1-2-6-20(14(4-1)9-21-12-17-11-18-21)8-13-10-23-16(19-13)15-5-3-7-22-15/h3,5,7,10-12,14H,1-2,4,6,8-9H2. The minimum Gasteiger partial charge on any atom is -0.462 e. The Bertz CT molecular complexity index is 722. The summed E-state index contributed by atoms with van der Waals surface area (Å²) in [5, 5.41) is 7.33. The Morgan fingerprint density at radius 3 is 3.17 bits per heavy atom. The van der Waals surface area contributed by atoms with E-state index in [9.17, 15) is 0 Å². The molecule has 1 atom stereocenters. The van der Waals surface area contributed by atoms with Crippen LogP contribution in [-0.4, -0.2) is 37.2 Å². The molecule has 4 rings (SSSR count). The van der Waals surface area contributed by atoms with Crippen LogP contribution in [0.15, 0.2) is 40.8 Å². The topological polar surface area (TPSA) is 60.0 Å².